The second-order valence-corrected chi connectivity index (χ2v) is 6.50. The average molecular weight is 274 g/mol. The van der Waals surface area contributed by atoms with Gasteiger partial charge in [0, 0.05) is 15.4 Å². The van der Waals surface area contributed by atoms with Gasteiger partial charge in [-0.2, -0.15) is 0 Å². The molecule has 2 atom stereocenters. The quantitative estimate of drug-likeness (QED) is 0.883. The summed E-state index contributed by atoms with van der Waals surface area (Å²) in [5.74, 6) is 0.794. The molecular weight excluding hydrogens is 258 g/mol. The Kier molecular flexibility index (Phi) is 2.75. The van der Waals surface area contributed by atoms with Crippen molar-refractivity contribution >= 4 is 27.3 Å². The van der Waals surface area contributed by atoms with Crippen LogP contribution in [0.2, 0.25) is 0 Å². The first-order valence-corrected chi connectivity index (χ1v) is 6.63. The molecule has 1 aromatic heterocycles. The number of hydrogen-bond donors (Lipinski definition) is 1. The molecule has 78 valence electrons. The fourth-order valence-corrected chi connectivity index (χ4v) is 3.91. The molecule has 1 N–H and O–H groups in total. The number of halogens is 1. The first-order chi connectivity index (χ1) is 6.56. The summed E-state index contributed by atoms with van der Waals surface area (Å²) in [7, 11) is 2.06. The van der Waals surface area contributed by atoms with Crippen molar-refractivity contribution in [2.75, 3.05) is 7.05 Å². The van der Waals surface area contributed by atoms with E-state index < -0.39 is 0 Å². The first-order valence-electron chi connectivity index (χ1n) is 4.96. The number of rotatable bonds is 3. The Morgan fingerprint density at radius 3 is 2.64 bits per heavy atom. The molecule has 1 nitrogen and oxygen atoms in total. The number of nitrogens with one attached hydrogen (secondary N) is 1. The summed E-state index contributed by atoms with van der Waals surface area (Å²) in [5.41, 5.74) is 0.525. The van der Waals surface area contributed by atoms with Crippen molar-refractivity contribution in [1.82, 2.24) is 5.32 Å². The standard InChI is InChI=1S/C11H16BrNS/c1-11(2)6-7(11)9(13-3)10-8(12)4-5-14-10/h4-5,7,9,13H,6H2,1-3H3. The minimum atomic E-state index is 0.525. The monoisotopic (exact) mass is 273 g/mol. The lowest BCUT2D eigenvalue weighted by atomic mass is 10.0. The van der Waals surface area contributed by atoms with Gasteiger partial charge in [0.1, 0.15) is 0 Å². The second kappa shape index (κ2) is 3.62. The van der Waals surface area contributed by atoms with Crippen LogP contribution in [0, 0.1) is 11.3 Å². The van der Waals surface area contributed by atoms with Gasteiger partial charge >= 0.3 is 0 Å². The van der Waals surface area contributed by atoms with E-state index in [2.05, 4.69) is 53.6 Å². The van der Waals surface area contributed by atoms with Crippen LogP contribution in [-0.4, -0.2) is 7.05 Å². The van der Waals surface area contributed by atoms with Crippen LogP contribution in [0.5, 0.6) is 0 Å². The van der Waals surface area contributed by atoms with Crippen molar-refractivity contribution in [3.63, 3.8) is 0 Å². The van der Waals surface area contributed by atoms with E-state index in [0.717, 1.165) is 5.92 Å². The highest BCUT2D eigenvalue weighted by atomic mass is 79.9. The predicted octanol–water partition coefficient (Wildman–Crippen LogP) is 3.82. The molecule has 0 aromatic carbocycles. The van der Waals surface area contributed by atoms with Gasteiger partial charge in [-0.1, -0.05) is 13.8 Å². The molecular formula is C11H16BrNS. The third-order valence-corrected chi connectivity index (χ3v) is 5.18. The van der Waals surface area contributed by atoms with E-state index in [1.165, 1.54) is 15.8 Å². The Hall–Kier alpha value is 0.140. The minimum absolute atomic E-state index is 0.525. The maximum absolute atomic E-state index is 3.61. The van der Waals surface area contributed by atoms with Gasteiger partial charge in [-0.25, -0.2) is 0 Å². The van der Waals surface area contributed by atoms with Gasteiger partial charge in [0.05, 0.1) is 0 Å². The summed E-state index contributed by atoms with van der Waals surface area (Å²) in [6.07, 6.45) is 1.34. The van der Waals surface area contributed by atoms with E-state index in [1.54, 1.807) is 0 Å². The van der Waals surface area contributed by atoms with E-state index in [-0.39, 0.29) is 0 Å². The molecule has 0 radical (unpaired) electrons. The summed E-state index contributed by atoms with van der Waals surface area (Å²) in [6, 6.07) is 2.67. The fourth-order valence-electron chi connectivity index (χ4n) is 2.12. The molecule has 1 aliphatic rings. The number of thiophene rings is 1. The Bertz CT molecular complexity index is 332. The normalized spacial score (nSPS) is 26.1. The summed E-state index contributed by atoms with van der Waals surface area (Å²) in [5, 5.41) is 5.60. The van der Waals surface area contributed by atoms with Crippen molar-refractivity contribution in [3.05, 3.63) is 20.8 Å². The Morgan fingerprint density at radius 1 is 1.64 bits per heavy atom. The molecule has 1 heterocycles. The van der Waals surface area contributed by atoms with Gasteiger partial charge in [-0.15, -0.1) is 11.3 Å². The molecule has 2 rings (SSSR count). The first kappa shape index (κ1) is 10.7. The maximum Gasteiger partial charge on any atom is 0.0457 e. The largest absolute Gasteiger partial charge is 0.312 e. The lowest BCUT2D eigenvalue weighted by Crippen LogP contribution is -2.19. The summed E-state index contributed by atoms with van der Waals surface area (Å²) in [4.78, 5) is 1.45. The van der Waals surface area contributed by atoms with E-state index >= 15 is 0 Å². The van der Waals surface area contributed by atoms with Crippen LogP contribution in [-0.2, 0) is 0 Å². The molecule has 3 heteroatoms. The van der Waals surface area contributed by atoms with Gasteiger partial charge < -0.3 is 5.32 Å². The zero-order valence-electron chi connectivity index (χ0n) is 8.80. The Morgan fingerprint density at radius 2 is 2.29 bits per heavy atom. The maximum atomic E-state index is 3.61. The molecule has 14 heavy (non-hydrogen) atoms. The molecule has 0 saturated heterocycles. The molecule has 1 saturated carbocycles. The van der Waals surface area contributed by atoms with Crippen molar-refractivity contribution in [1.29, 1.82) is 0 Å². The number of hydrogen-bond acceptors (Lipinski definition) is 2. The SMILES string of the molecule is CNC(c1sccc1Br)C1CC1(C)C. The topological polar surface area (TPSA) is 12.0 Å². The van der Waals surface area contributed by atoms with Crippen molar-refractivity contribution < 1.29 is 0 Å². The highest BCUT2D eigenvalue weighted by Crippen LogP contribution is 2.58. The van der Waals surface area contributed by atoms with Crippen molar-refractivity contribution in [2.24, 2.45) is 11.3 Å². The van der Waals surface area contributed by atoms with E-state index in [0.29, 0.717) is 11.5 Å². The molecule has 0 spiro atoms. The second-order valence-electron chi connectivity index (χ2n) is 4.70. The van der Waals surface area contributed by atoms with Gasteiger partial charge in [-0.05, 0) is 52.2 Å². The van der Waals surface area contributed by atoms with Crippen LogP contribution in [0.15, 0.2) is 15.9 Å². The van der Waals surface area contributed by atoms with Crippen LogP contribution < -0.4 is 5.32 Å². The molecule has 2 unspecified atom stereocenters. The molecule has 0 aliphatic heterocycles. The van der Waals surface area contributed by atoms with E-state index in [4.69, 9.17) is 0 Å². The highest BCUT2D eigenvalue weighted by Gasteiger charge is 2.50. The molecule has 0 bridgehead atoms. The zero-order chi connectivity index (χ0) is 10.3. The fraction of sp³-hybridized carbons (Fsp3) is 0.636. The van der Waals surface area contributed by atoms with Crippen LogP contribution in [0.3, 0.4) is 0 Å². The summed E-state index contributed by atoms with van der Waals surface area (Å²) < 4.78 is 1.25. The third kappa shape index (κ3) is 1.77. The van der Waals surface area contributed by atoms with Crippen LogP contribution in [0.4, 0.5) is 0 Å². The Labute approximate surface area is 98.0 Å². The average Bonchev–Trinajstić information content (AvgIpc) is 2.55. The summed E-state index contributed by atoms with van der Waals surface area (Å²) >= 11 is 5.45. The highest BCUT2D eigenvalue weighted by molar-refractivity contribution is 9.10. The third-order valence-electron chi connectivity index (χ3n) is 3.23. The molecule has 0 amide bonds. The molecule has 1 aliphatic carbocycles. The van der Waals surface area contributed by atoms with Crippen LogP contribution >= 0.6 is 27.3 Å². The van der Waals surface area contributed by atoms with Gasteiger partial charge in [-0.3, -0.25) is 0 Å². The van der Waals surface area contributed by atoms with Gasteiger partial charge in [0.15, 0.2) is 0 Å². The lowest BCUT2D eigenvalue weighted by Gasteiger charge is -2.17. The van der Waals surface area contributed by atoms with Crippen LogP contribution in [0.25, 0.3) is 0 Å². The summed E-state index contributed by atoms with van der Waals surface area (Å²) in [6.45, 7) is 4.70. The smallest absolute Gasteiger partial charge is 0.0457 e. The van der Waals surface area contributed by atoms with Gasteiger partial charge in [0.2, 0.25) is 0 Å². The van der Waals surface area contributed by atoms with Crippen LogP contribution in [0.1, 0.15) is 31.2 Å². The van der Waals surface area contributed by atoms with E-state index in [9.17, 15) is 0 Å². The minimum Gasteiger partial charge on any atom is -0.312 e. The predicted molar refractivity (Wildman–Crippen MR) is 65.7 cm³/mol. The Balaban J connectivity index is 2.20. The molecule has 1 aromatic rings. The van der Waals surface area contributed by atoms with Crippen molar-refractivity contribution in [3.8, 4) is 0 Å². The molecule has 1 fully saturated rings. The lowest BCUT2D eigenvalue weighted by molar-refractivity contribution is 0.445. The van der Waals surface area contributed by atoms with Gasteiger partial charge in [0.25, 0.3) is 0 Å². The van der Waals surface area contributed by atoms with E-state index in [1.807, 2.05) is 11.3 Å². The zero-order valence-corrected chi connectivity index (χ0v) is 11.2. The van der Waals surface area contributed by atoms with Crippen molar-refractivity contribution in [2.45, 2.75) is 26.3 Å².